The molecule has 5 heteroatoms. The molecule has 22 heavy (non-hydrogen) atoms. The summed E-state index contributed by atoms with van der Waals surface area (Å²) in [4.78, 5) is 12.8. The number of carbonyl (C=O) groups excluding carboxylic acids is 1. The Hall–Kier alpha value is -0.770. The Bertz CT molecular complexity index is 487. The molecule has 124 valence electrons. The Morgan fingerprint density at radius 3 is 2.64 bits per heavy atom. The van der Waals surface area contributed by atoms with Crippen molar-refractivity contribution >= 4 is 29.9 Å². The van der Waals surface area contributed by atoms with Crippen molar-refractivity contribution in [3.63, 3.8) is 0 Å². The molecule has 0 aromatic heterocycles. The second kappa shape index (κ2) is 8.76. The second-order valence-electron chi connectivity index (χ2n) is 5.97. The van der Waals surface area contributed by atoms with E-state index in [1.54, 1.807) is 0 Å². The van der Waals surface area contributed by atoms with Crippen molar-refractivity contribution in [2.45, 2.75) is 51.0 Å². The summed E-state index contributed by atoms with van der Waals surface area (Å²) < 4.78 is 0. The minimum Gasteiger partial charge on any atom is -0.354 e. The van der Waals surface area contributed by atoms with Gasteiger partial charge in [-0.05, 0) is 44.0 Å². The molecule has 2 rings (SSSR count). The second-order valence-corrected chi connectivity index (χ2v) is 6.40. The summed E-state index contributed by atoms with van der Waals surface area (Å²) in [6, 6.07) is 8.06. The molecular weight excluding hydrogens is 319 g/mol. The minimum atomic E-state index is -0.392. The SMILES string of the molecule is CCN[C@H](C)CNC(=O)C1(c2cccc(Cl)c2)CCCC1.Cl. The van der Waals surface area contributed by atoms with Crippen LogP contribution in [0.4, 0.5) is 0 Å². The fraction of sp³-hybridized carbons (Fsp3) is 0.588. The zero-order valence-corrected chi connectivity index (χ0v) is 14.9. The van der Waals surface area contributed by atoms with Gasteiger partial charge in [0.05, 0.1) is 5.41 Å². The lowest BCUT2D eigenvalue weighted by Gasteiger charge is -2.29. The van der Waals surface area contributed by atoms with Crippen LogP contribution in [0.3, 0.4) is 0 Å². The van der Waals surface area contributed by atoms with Crippen molar-refractivity contribution in [2.24, 2.45) is 0 Å². The van der Waals surface area contributed by atoms with Crippen LogP contribution in [0, 0.1) is 0 Å². The highest BCUT2D eigenvalue weighted by Gasteiger charge is 2.42. The summed E-state index contributed by atoms with van der Waals surface area (Å²) in [5.74, 6) is 0.145. The number of amides is 1. The third-order valence-corrected chi connectivity index (χ3v) is 4.63. The molecule has 2 N–H and O–H groups in total. The van der Waals surface area contributed by atoms with Gasteiger partial charge in [-0.25, -0.2) is 0 Å². The van der Waals surface area contributed by atoms with E-state index in [9.17, 15) is 4.79 Å². The van der Waals surface area contributed by atoms with Gasteiger partial charge in [0.25, 0.3) is 0 Å². The first-order valence-corrected chi connectivity index (χ1v) is 8.24. The van der Waals surface area contributed by atoms with Crippen molar-refractivity contribution in [3.8, 4) is 0 Å². The molecule has 0 unspecified atom stereocenters. The average Bonchev–Trinajstić information content (AvgIpc) is 2.96. The van der Waals surface area contributed by atoms with Crippen LogP contribution in [0.2, 0.25) is 5.02 Å². The van der Waals surface area contributed by atoms with Crippen LogP contribution in [0.25, 0.3) is 0 Å². The minimum absolute atomic E-state index is 0. The van der Waals surface area contributed by atoms with Gasteiger partial charge in [-0.3, -0.25) is 4.79 Å². The molecule has 1 aliphatic carbocycles. The van der Waals surface area contributed by atoms with Gasteiger partial charge in [-0.1, -0.05) is 43.5 Å². The fourth-order valence-corrected chi connectivity index (χ4v) is 3.44. The van der Waals surface area contributed by atoms with Crippen LogP contribution >= 0.6 is 24.0 Å². The molecule has 1 saturated carbocycles. The first kappa shape index (κ1) is 19.3. The van der Waals surface area contributed by atoms with Crippen molar-refractivity contribution < 1.29 is 4.79 Å². The van der Waals surface area contributed by atoms with Crippen molar-refractivity contribution in [1.82, 2.24) is 10.6 Å². The van der Waals surface area contributed by atoms with Gasteiger partial charge in [0, 0.05) is 17.6 Å². The molecule has 0 radical (unpaired) electrons. The summed E-state index contributed by atoms with van der Waals surface area (Å²) in [5.41, 5.74) is 0.665. The normalized spacial score (nSPS) is 17.6. The third-order valence-electron chi connectivity index (χ3n) is 4.39. The summed E-state index contributed by atoms with van der Waals surface area (Å²) >= 11 is 6.12. The molecular formula is C17H26Cl2N2O. The molecule has 1 aromatic carbocycles. The first-order valence-electron chi connectivity index (χ1n) is 7.86. The van der Waals surface area contributed by atoms with Crippen LogP contribution in [-0.4, -0.2) is 25.0 Å². The molecule has 1 atom stereocenters. The highest BCUT2D eigenvalue weighted by Crippen LogP contribution is 2.42. The largest absolute Gasteiger partial charge is 0.354 e. The fourth-order valence-electron chi connectivity index (χ4n) is 3.25. The van der Waals surface area contributed by atoms with Crippen molar-refractivity contribution in [2.75, 3.05) is 13.1 Å². The summed E-state index contributed by atoms with van der Waals surface area (Å²) in [7, 11) is 0. The van der Waals surface area contributed by atoms with Crippen LogP contribution in [0.1, 0.15) is 45.1 Å². The standard InChI is InChI=1S/C17H25ClN2O.ClH/c1-3-19-13(2)12-20-16(21)17(9-4-5-10-17)14-7-6-8-15(18)11-14;/h6-8,11,13,19H,3-5,9-10,12H2,1-2H3,(H,20,21);1H/t13-;/m1./s1. The van der Waals surface area contributed by atoms with E-state index in [1.807, 2.05) is 24.3 Å². The molecule has 1 aromatic rings. The van der Waals surface area contributed by atoms with Crippen molar-refractivity contribution in [3.05, 3.63) is 34.9 Å². The maximum Gasteiger partial charge on any atom is 0.230 e. The Morgan fingerprint density at radius 2 is 2.05 bits per heavy atom. The summed E-state index contributed by atoms with van der Waals surface area (Å²) in [6.07, 6.45) is 4.02. The van der Waals surface area contributed by atoms with E-state index in [-0.39, 0.29) is 24.4 Å². The number of hydrogen-bond acceptors (Lipinski definition) is 2. The Morgan fingerprint density at radius 1 is 1.36 bits per heavy atom. The number of rotatable bonds is 6. The molecule has 0 spiro atoms. The molecule has 1 amide bonds. The number of benzene rings is 1. The predicted molar refractivity (Wildman–Crippen MR) is 95.0 cm³/mol. The van der Waals surface area contributed by atoms with E-state index in [0.717, 1.165) is 37.8 Å². The predicted octanol–water partition coefficient (Wildman–Crippen LogP) is 3.69. The van der Waals surface area contributed by atoms with Crippen LogP contribution in [-0.2, 0) is 10.2 Å². The van der Waals surface area contributed by atoms with E-state index in [2.05, 4.69) is 24.5 Å². The van der Waals surface area contributed by atoms with E-state index in [1.165, 1.54) is 0 Å². The number of hydrogen-bond donors (Lipinski definition) is 2. The van der Waals surface area contributed by atoms with Crippen LogP contribution < -0.4 is 10.6 Å². The van der Waals surface area contributed by atoms with Crippen LogP contribution in [0.15, 0.2) is 24.3 Å². The van der Waals surface area contributed by atoms with Gasteiger partial charge in [-0.15, -0.1) is 12.4 Å². The molecule has 1 aliphatic rings. The molecule has 0 bridgehead atoms. The van der Waals surface area contributed by atoms with Gasteiger partial charge < -0.3 is 10.6 Å². The van der Waals surface area contributed by atoms with E-state index in [4.69, 9.17) is 11.6 Å². The maximum absolute atomic E-state index is 12.8. The summed E-state index contributed by atoms with van der Waals surface area (Å²) in [6.45, 7) is 5.73. The molecule has 0 saturated heterocycles. The lowest BCUT2D eigenvalue weighted by atomic mass is 9.78. The van der Waals surface area contributed by atoms with Gasteiger partial charge in [0.1, 0.15) is 0 Å². The average molecular weight is 345 g/mol. The zero-order valence-electron chi connectivity index (χ0n) is 13.3. The van der Waals surface area contributed by atoms with E-state index < -0.39 is 5.41 Å². The van der Waals surface area contributed by atoms with Gasteiger partial charge >= 0.3 is 0 Å². The summed E-state index contributed by atoms with van der Waals surface area (Å²) in [5, 5.41) is 7.14. The smallest absolute Gasteiger partial charge is 0.230 e. The van der Waals surface area contributed by atoms with Gasteiger partial charge in [-0.2, -0.15) is 0 Å². The molecule has 1 fully saturated rings. The number of likely N-dealkylation sites (N-methyl/N-ethyl adjacent to an activating group) is 1. The molecule has 3 nitrogen and oxygen atoms in total. The number of carbonyl (C=O) groups is 1. The maximum atomic E-state index is 12.8. The number of halogens is 2. The van der Waals surface area contributed by atoms with E-state index in [0.29, 0.717) is 11.6 Å². The third kappa shape index (κ3) is 4.37. The first-order chi connectivity index (χ1) is 10.1. The number of nitrogens with one attached hydrogen (secondary N) is 2. The lowest BCUT2D eigenvalue weighted by Crippen LogP contribution is -2.47. The highest BCUT2D eigenvalue weighted by molar-refractivity contribution is 6.30. The molecule has 0 aliphatic heterocycles. The Balaban J connectivity index is 0.00000242. The van der Waals surface area contributed by atoms with Crippen molar-refractivity contribution in [1.29, 1.82) is 0 Å². The molecule has 0 heterocycles. The Kier molecular flexibility index (Phi) is 7.67. The Labute approximate surface area is 144 Å². The quantitative estimate of drug-likeness (QED) is 0.826. The topological polar surface area (TPSA) is 41.1 Å². The van der Waals surface area contributed by atoms with Gasteiger partial charge in [0.15, 0.2) is 0 Å². The monoisotopic (exact) mass is 344 g/mol. The van der Waals surface area contributed by atoms with E-state index >= 15 is 0 Å². The zero-order chi connectivity index (χ0) is 15.3. The van der Waals surface area contributed by atoms with Crippen LogP contribution in [0.5, 0.6) is 0 Å². The lowest BCUT2D eigenvalue weighted by molar-refractivity contribution is -0.126. The highest BCUT2D eigenvalue weighted by atomic mass is 35.5. The van der Waals surface area contributed by atoms with Gasteiger partial charge in [0.2, 0.25) is 5.91 Å².